The molecule has 2 aromatic heterocycles. The molecule has 0 radical (unpaired) electrons. The van der Waals surface area contributed by atoms with E-state index in [1.807, 2.05) is 19.9 Å². The third kappa shape index (κ3) is 3.13. The van der Waals surface area contributed by atoms with Crippen molar-refractivity contribution in [2.24, 2.45) is 5.73 Å². The van der Waals surface area contributed by atoms with Gasteiger partial charge in [-0.25, -0.2) is 4.98 Å². The first-order valence-corrected chi connectivity index (χ1v) is 11.4. The van der Waals surface area contributed by atoms with E-state index in [4.69, 9.17) is 20.2 Å². The number of ether oxygens (including phenoxy) is 2. The van der Waals surface area contributed by atoms with E-state index in [1.54, 1.807) is 22.8 Å². The van der Waals surface area contributed by atoms with Gasteiger partial charge in [-0.1, -0.05) is 13.8 Å². The number of phenols is 1. The molecule has 2 aliphatic rings. The van der Waals surface area contributed by atoms with E-state index >= 15 is 0 Å². The highest BCUT2D eigenvalue weighted by Crippen LogP contribution is 2.44. The number of pyridine rings is 2. The van der Waals surface area contributed by atoms with Gasteiger partial charge in [0, 0.05) is 28.6 Å². The largest absolute Gasteiger partial charge is 0.508 e. The molecule has 1 aromatic carbocycles. The van der Waals surface area contributed by atoms with Crippen molar-refractivity contribution in [1.82, 2.24) is 9.55 Å². The zero-order valence-corrected chi connectivity index (χ0v) is 19.1. The van der Waals surface area contributed by atoms with Crippen molar-refractivity contribution in [2.45, 2.75) is 64.8 Å². The van der Waals surface area contributed by atoms with Crippen LogP contribution in [0.5, 0.6) is 5.75 Å². The van der Waals surface area contributed by atoms with E-state index in [1.165, 1.54) is 0 Å². The Bertz CT molecular complexity index is 1320. The maximum Gasteiger partial charge on any atom is 0.257 e. The predicted octanol–water partition coefficient (Wildman–Crippen LogP) is 2.51. The second-order valence-corrected chi connectivity index (χ2v) is 8.86. The van der Waals surface area contributed by atoms with Crippen LogP contribution < -0.4 is 11.3 Å². The van der Waals surface area contributed by atoms with E-state index in [0.29, 0.717) is 29.8 Å². The highest BCUT2D eigenvalue weighted by Gasteiger charge is 2.48. The molecule has 2 aliphatic heterocycles. The number of hydrogen-bond acceptors (Lipinski definition) is 7. The first-order chi connectivity index (χ1) is 15.8. The molecule has 0 amide bonds. The van der Waals surface area contributed by atoms with Gasteiger partial charge in [0.1, 0.15) is 11.4 Å². The number of fused-ring (bicyclic) bond motifs is 5. The minimum atomic E-state index is -1.22. The average Bonchev–Trinajstić information content (AvgIpc) is 3.18. The van der Waals surface area contributed by atoms with Crippen molar-refractivity contribution < 1.29 is 19.7 Å². The summed E-state index contributed by atoms with van der Waals surface area (Å²) in [5.74, 6) is 0.187. The van der Waals surface area contributed by atoms with Crippen LogP contribution in [-0.2, 0) is 34.6 Å². The van der Waals surface area contributed by atoms with E-state index in [9.17, 15) is 15.0 Å². The Labute approximate surface area is 191 Å². The Morgan fingerprint density at radius 1 is 1.33 bits per heavy atom. The number of aromatic hydroxyl groups is 1. The normalized spacial score (nSPS) is 22.2. The Hall–Kier alpha value is -2.78. The molecule has 5 rings (SSSR count). The van der Waals surface area contributed by atoms with Gasteiger partial charge in [0.05, 0.1) is 36.2 Å². The summed E-state index contributed by atoms with van der Waals surface area (Å²) in [4.78, 5) is 18.5. The van der Waals surface area contributed by atoms with Crippen LogP contribution in [0.4, 0.5) is 0 Å². The molecule has 8 heteroatoms. The zero-order chi connectivity index (χ0) is 23.5. The third-order valence-electron chi connectivity index (χ3n) is 7.01. The Morgan fingerprint density at radius 3 is 2.82 bits per heavy atom. The minimum Gasteiger partial charge on any atom is -0.508 e. The predicted molar refractivity (Wildman–Crippen MR) is 124 cm³/mol. The number of hydrogen-bond donors (Lipinski definition) is 3. The first kappa shape index (κ1) is 22.0. The summed E-state index contributed by atoms with van der Waals surface area (Å²) in [6, 6.07) is 7.07. The SMILES string of the molecule is CCc1c2c(nc3ccc(O)cc13)-c1cc3c(c(=O)n1C2)COC(O)C3(CC)OC(C)CN. The third-order valence-corrected chi connectivity index (χ3v) is 7.01. The second kappa shape index (κ2) is 7.92. The van der Waals surface area contributed by atoms with Gasteiger partial charge in [-0.2, -0.15) is 0 Å². The molecule has 3 aromatic rings. The second-order valence-electron chi connectivity index (χ2n) is 8.86. The number of aliphatic hydroxyl groups excluding tert-OH is 1. The molecule has 0 fully saturated rings. The van der Waals surface area contributed by atoms with Crippen LogP contribution in [0.15, 0.2) is 29.1 Å². The van der Waals surface area contributed by atoms with Crippen molar-refractivity contribution in [3.8, 4) is 17.1 Å². The van der Waals surface area contributed by atoms with E-state index in [0.717, 1.165) is 34.1 Å². The molecule has 0 spiro atoms. The van der Waals surface area contributed by atoms with Gasteiger partial charge in [0.2, 0.25) is 0 Å². The molecule has 8 nitrogen and oxygen atoms in total. The number of rotatable bonds is 5. The van der Waals surface area contributed by atoms with Gasteiger partial charge < -0.3 is 30.0 Å². The van der Waals surface area contributed by atoms with Gasteiger partial charge in [-0.05, 0) is 49.6 Å². The van der Waals surface area contributed by atoms with E-state index in [2.05, 4.69) is 6.92 Å². The Kier molecular flexibility index (Phi) is 5.29. The zero-order valence-electron chi connectivity index (χ0n) is 19.1. The van der Waals surface area contributed by atoms with Crippen LogP contribution in [0.1, 0.15) is 49.4 Å². The topological polar surface area (TPSA) is 120 Å². The lowest BCUT2D eigenvalue weighted by Crippen LogP contribution is -2.51. The van der Waals surface area contributed by atoms with E-state index < -0.39 is 11.9 Å². The minimum absolute atomic E-state index is 0.0119. The average molecular weight is 452 g/mol. The van der Waals surface area contributed by atoms with Gasteiger partial charge in [0.25, 0.3) is 5.56 Å². The molecule has 3 unspecified atom stereocenters. The Morgan fingerprint density at radius 2 is 2.12 bits per heavy atom. The van der Waals surface area contributed by atoms with Crippen LogP contribution >= 0.6 is 0 Å². The number of nitrogens with zero attached hydrogens (tertiary/aromatic N) is 2. The van der Waals surface area contributed by atoms with Gasteiger partial charge in [-0.15, -0.1) is 0 Å². The quantitative estimate of drug-likeness (QED) is 0.426. The summed E-state index contributed by atoms with van der Waals surface area (Å²) in [5.41, 5.74) is 9.84. The van der Waals surface area contributed by atoms with Crippen LogP contribution in [0, 0.1) is 0 Å². The maximum absolute atomic E-state index is 13.6. The number of aryl methyl sites for hydroxylation is 1. The van der Waals surface area contributed by atoms with Crippen molar-refractivity contribution in [3.05, 3.63) is 56.9 Å². The highest BCUT2D eigenvalue weighted by atomic mass is 16.6. The van der Waals surface area contributed by atoms with Crippen LogP contribution in [0.2, 0.25) is 0 Å². The van der Waals surface area contributed by atoms with Crippen molar-refractivity contribution in [1.29, 1.82) is 0 Å². The lowest BCUT2D eigenvalue weighted by atomic mass is 9.84. The molecule has 0 bridgehead atoms. The van der Waals surface area contributed by atoms with Gasteiger partial charge in [-0.3, -0.25) is 4.79 Å². The lowest BCUT2D eigenvalue weighted by Gasteiger charge is -2.43. The smallest absolute Gasteiger partial charge is 0.257 e. The first-order valence-electron chi connectivity index (χ1n) is 11.4. The molecule has 33 heavy (non-hydrogen) atoms. The summed E-state index contributed by atoms with van der Waals surface area (Å²) in [5, 5.41) is 21.8. The van der Waals surface area contributed by atoms with Crippen LogP contribution in [0.3, 0.4) is 0 Å². The fraction of sp³-hybridized carbons (Fsp3) is 0.440. The highest BCUT2D eigenvalue weighted by molar-refractivity contribution is 5.89. The number of phenolic OH excluding ortho intramolecular Hbond substituents is 1. The molecule has 4 N–H and O–H groups in total. The lowest BCUT2D eigenvalue weighted by molar-refractivity contribution is -0.267. The molecule has 174 valence electrons. The fourth-order valence-corrected chi connectivity index (χ4v) is 5.27. The number of aromatic nitrogens is 2. The monoisotopic (exact) mass is 451 g/mol. The van der Waals surface area contributed by atoms with Gasteiger partial charge in [0.15, 0.2) is 6.29 Å². The van der Waals surface area contributed by atoms with Crippen LogP contribution in [-0.4, -0.2) is 38.7 Å². The molecular weight excluding hydrogens is 422 g/mol. The summed E-state index contributed by atoms with van der Waals surface area (Å²) in [7, 11) is 0. The molecule has 0 saturated carbocycles. The number of aliphatic hydroxyl groups is 1. The molecular formula is C25H29N3O5. The number of nitrogens with two attached hydrogens (primary N) is 1. The summed E-state index contributed by atoms with van der Waals surface area (Å²) in [6.07, 6.45) is -0.401. The van der Waals surface area contributed by atoms with Crippen molar-refractivity contribution >= 4 is 10.9 Å². The standard InChI is InChI=1S/C25H29N3O5/c1-4-15-16-8-14(29)6-7-20(16)27-22-17(15)11-28-21(22)9-19-18(23(28)30)12-32-24(31)25(19,5-2)33-13(3)10-26/h6-9,13,24,29,31H,4-5,10-12,26H2,1-3H3. The Balaban J connectivity index is 1.78. The summed E-state index contributed by atoms with van der Waals surface area (Å²) >= 11 is 0. The van der Waals surface area contributed by atoms with Crippen LogP contribution in [0.25, 0.3) is 22.3 Å². The maximum atomic E-state index is 13.6. The van der Waals surface area contributed by atoms with Crippen molar-refractivity contribution in [3.63, 3.8) is 0 Å². The number of benzene rings is 1. The molecule has 4 heterocycles. The molecule has 0 saturated heterocycles. The molecule has 0 aliphatic carbocycles. The summed E-state index contributed by atoms with van der Waals surface area (Å²) in [6.45, 7) is 6.49. The van der Waals surface area contributed by atoms with Gasteiger partial charge >= 0.3 is 0 Å². The fourth-order valence-electron chi connectivity index (χ4n) is 5.27. The van der Waals surface area contributed by atoms with E-state index in [-0.39, 0.29) is 30.6 Å². The summed E-state index contributed by atoms with van der Waals surface area (Å²) < 4.78 is 13.6. The van der Waals surface area contributed by atoms with Crippen molar-refractivity contribution in [2.75, 3.05) is 6.54 Å². The molecule has 3 atom stereocenters.